The molecule has 0 radical (unpaired) electrons. The minimum absolute atomic E-state index is 0.0378. The number of nitrogens with zero attached hydrogens (tertiary/aromatic N) is 2. The first-order valence-corrected chi connectivity index (χ1v) is 8.23. The van der Waals surface area contributed by atoms with Gasteiger partial charge in [-0.2, -0.15) is 26.3 Å². The van der Waals surface area contributed by atoms with E-state index in [0.29, 0.717) is 0 Å². The Balaban J connectivity index is 0.000000271. The fourth-order valence-corrected chi connectivity index (χ4v) is 2.37. The zero-order valence-corrected chi connectivity index (χ0v) is 15.1. The number of carbonyl (C=O) groups is 2. The van der Waals surface area contributed by atoms with Gasteiger partial charge in [0.15, 0.2) is 0 Å². The van der Waals surface area contributed by atoms with Crippen LogP contribution in [0, 0.1) is 0 Å². The Morgan fingerprint density at radius 1 is 0.967 bits per heavy atom. The Morgan fingerprint density at radius 3 is 1.80 bits per heavy atom. The molecular formula is C16H17F6N3O5. The predicted octanol–water partition coefficient (Wildman–Crippen LogP) is 2.59. The summed E-state index contributed by atoms with van der Waals surface area (Å²) in [5.74, 6) is -5.51. The van der Waals surface area contributed by atoms with Crippen molar-refractivity contribution in [2.45, 2.75) is 37.2 Å². The van der Waals surface area contributed by atoms with Gasteiger partial charge in [-0.3, -0.25) is 4.98 Å². The van der Waals surface area contributed by atoms with E-state index in [1.807, 2.05) is 12.1 Å². The van der Waals surface area contributed by atoms with E-state index >= 15 is 0 Å². The van der Waals surface area contributed by atoms with Crippen molar-refractivity contribution in [3.8, 4) is 0 Å². The molecule has 0 aromatic carbocycles. The van der Waals surface area contributed by atoms with E-state index in [1.54, 1.807) is 12.4 Å². The van der Waals surface area contributed by atoms with Crippen molar-refractivity contribution >= 4 is 17.7 Å². The van der Waals surface area contributed by atoms with Gasteiger partial charge in [-0.1, -0.05) is 5.16 Å². The summed E-state index contributed by atoms with van der Waals surface area (Å²) in [5.41, 5.74) is 2.15. The van der Waals surface area contributed by atoms with E-state index in [2.05, 4.69) is 15.5 Å². The Bertz CT molecular complexity index is 722. The fourth-order valence-electron chi connectivity index (χ4n) is 2.37. The third-order valence-corrected chi connectivity index (χ3v) is 3.85. The number of alkyl halides is 6. The van der Waals surface area contributed by atoms with E-state index in [0.717, 1.165) is 43.6 Å². The summed E-state index contributed by atoms with van der Waals surface area (Å²) >= 11 is 0. The molecular weight excluding hydrogens is 428 g/mol. The van der Waals surface area contributed by atoms with Crippen LogP contribution in [0.1, 0.15) is 24.8 Å². The second kappa shape index (κ2) is 10.2. The summed E-state index contributed by atoms with van der Waals surface area (Å²) in [4.78, 5) is 27.5. The molecule has 8 nitrogen and oxygen atoms in total. The maximum Gasteiger partial charge on any atom is 0.490 e. The summed E-state index contributed by atoms with van der Waals surface area (Å²) in [6, 6.07) is 3.98. The third-order valence-electron chi connectivity index (χ3n) is 3.85. The molecule has 2 aliphatic heterocycles. The lowest BCUT2D eigenvalue weighted by Gasteiger charge is -2.30. The Morgan fingerprint density at radius 2 is 1.40 bits per heavy atom. The van der Waals surface area contributed by atoms with Gasteiger partial charge < -0.3 is 20.4 Å². The monoisotopic (exact) mass is 445 g/mol. The lowest BCUT2D eigenvalue weighted by atomic mass is 9.86. The molecule has 0 bridgehead atoms. The Hall–Kier alpha value is -2.90. The molecule has 1 fully saturated rings. The van der Waals surface area contributed by atoms with Crippen LogP contribution in [0.3, 0.4) is 0 Å². The highest BCUT2D eigenvalue weighted by Gasteiger charge is 2.40. The maximum absolute atomic E-state index is 10.6. The molecule has 0 amide bonds. The number of hydrogen-bond acceptors (Lipinski definition) is 6. The number of pyridine rings is 1. The van der Waals surface area contributed by atoms with Crippen LogP contribution in [-0.4, -0.2) is 63.9 Å². The molecule has 3 heterocycles. The van der Waals surface area contributed by atoms with E-state index in [1.165, 1.54) is 0 Å². The first-order valence-electron chi connectivity index (χ1n) is 8.23. The predicted molar refractivity (Wildman–Crippen MR) is 88.7 cm³/mol. The van der Waals surface area contributed by atoms with E-state index in [4.69, 9.17) is 24.6 Å². The zero-order chi connectivity index (χ0) is 23.0. The van der Waals surface area contributed by atoms with Gasteiger partial charge in [0.1, 0.15) is 5.60 Å². The van der Waals surface area contributed by atoms with Crippen LogP contribution < -0.4 is 5.32 Å². The second-order valence-electron chi connectivity index (χ2n) is 6.08. The number of nitrogens with one attached hydrogen (secondary N) is 1. The number of piperidine rings is 1. The topological polar surface area (TPSA) is 121 Å². The Kier molecular flexibility index (Phi) is 8.57. The van der Waals surface area contributed by atoms with Crippen molar-refractivity contribution in [2.24, 2.45) is 5.16 Å². The lowest BCUT2D eigenvalue weighted by molar-refractivity contribution is -0.193. The quantitative estimate of drug-likeness (QED) is 0.568. The van der Waals surface area contributed by atoms with Crippen molar-refractivity contribution in [1.29, 1.82) is 0 Å². The van der Waals surface area contributed by atoms with Gasteiger partial charge in [0, 0.05) is 37.2 Å². The molecule has 1 saturated heterocycles. The molecule has 1 aromatic rings. The summed E-state index contributed by atoms with van der Waals surface area (Å²) in [6.45, 7) is 2.05. The second-order valence-corrected chi connectivity index (χ2v) is 6.08. The fraction of sp³-hybridized carbons (Fsp3) is 0.500. The van der Waals surface area contributed by atoms with Gasteiger partial charge in [-0.05, 0) is 25.2 Å². The number of carboxylic acids is 2. The minimum Gasteiger partial charge on any atom is -0.475 e. The molecule has 0 unspecified atom stereocenters. The molecule has 168 valence electrons. The molecule has 3 rings (SSSR count). The van der Waals surface area contributed by atoms with Gasteiger partial charge in [-0.25, -0.2) is 9.59 Å². The van der Waals surface area contributed by atoms with Crippen LogP contribution in [0.4, 0.5) is 26.3 Å². The lowest BCUT2D eigenvalue weighted by Crippen LogP contribution is -2.42. The van der Waals surface area contributed by atoms with Crippen LogP contribution in [0.15, 0.2) is 29.7 Å². The molecule has 2 aliphatic rings. The van der Waals surface area contributed by atoms with E-state index in [9.17, 15) is 26.3 Å². The summed E-state index contributed by atoms with van der Waals surface area (Å²) in [6.07, 6.45) is -3.55. The SMILES string of the molecule is O=C(O)C(F)(F)F.O=C(O)C(F)(F)F.c1cc(C2=NOC3(CCNCC3)C2)ccn1. The largest absolute Gasteiger partial charge is 0.490 e. The summed E-state index contributed by atoms with van der Waals surface area (Å²) in [5, 5.41) is 21.8. The van der Waals surface area contributed by atoms with E-state index < -0.39 is 24.3 Å². The van der Waals surface area contributed by atoms with Crippen LogP contribution >= 0.6 is 0 Å². The maximum atomic E-state index is 10.6. The highest BCUT2D eigenvalue weighted by molar-refractivity contribution is 6.01. The average molecular weight is 445 g/mol. The zero-order valence-electron chi connectivity index (χ0n) is 15.1. The normalized spacial score (nSPS) is 17.5. The molecule has 30 heavy (non-hydrogen) atoms. The molecule has 0 aliphatic carbocycles. The number of aliphatic carboxylic acids is 2. The number of oxime groups is 1. The van der Waals surface area contributed by atoms with Crippen LogP contribution in [-0.2, 0) is 14.4 Å². The first-order chi connectivity index (χ1) is 13.8. The molecule has 3 N–H and O–H groups in total. The third kappa shape index (κ3) is 8.23. The van der Waals surface area contributed by atoms with Crippen LogP contribution in [0.5, 0.6) is 0 Å². The molecule has 1 spiro atoms. The molecule has 0 atom stereocenters. The minimum atomic E-state index is -5.08. The number of carboxylic acid groups (broad SMARTS) is 2. The van der Waals surface area contributed by atoms with Crippen molar-refractivity contribution in [1.82, 2.24) is 10.3 Å². The van der Waals surface area contributed by atoms with Crippen molar-refractivity contribution in [3.63, 3.8) is 0 Å². The van der Waals surface area contributed by atoms with Gasteiger partial charge >= 0.3 is 24.3 Å². The Labute approximate surface area is 165 Å². The van der Waals surface area contributed by atoms with Crippen LogP contribution in [0.2, 0.25) is 0 Å². The highest BCUT2D eigenvalue weighted by Crippen LogP contribution is 2.34. The number of hydrogen-bond donors (Lipinski definition) is 3. The average Bonchev–Trinajstić information content (AvgIpc) is 3.06. The van der Waals surface area contributed by atoms with Crippen molar-refractivity contribution < 1.29 is 51.0 Å². The molecule has 0 saturated carbocycles. The smallest absolute Gasteiger partial charge is 0.475 e. The number of halogens is 6. The summed E-state index contributed by atoms with van der Waals surface area (Å²) in [7, 11) is 0. The van der Waals surface area contributed by atoms with Crippen LogP contribution in [0.25, 0.3) is 0 Å². The van der Waals surface area contributed by atoms with Gasteiger partial charge in [0.25, 0.3) is 0 Å². The molecule has 14 heteroatoms. The molecule has 1 aromatic heterocycles. The first kappa shape index (κ1) is 25.1. The van der Waals surface area contributed by atoms with Crippen molar-refractivity contribution in [2.75, 3.05) is 13.1 Å². The van der Waals surface area contributed by atoms with Gasteiger partial charge in [0.05, 0.1) is 5.71 Å². The number of rotatable bonds is 1. The summed E-state index contributed by atoms with van der Waals surface area (Å²) < 4.78 is 63.5. The van der Waals surface area contributed by atoms with E-state index in [-0.39, 0.29) is 5.60 Å². The van der Waals surface area contributed by atoms with Gasteiger partial charge in [0.2, 0.25) is 0 Å². The van der Waals surface area contributed by atoms with Crippen molar-refractivity contribution in [3.05, 3.63) is 30.1 Å². The highest BCUT2D eigenvalue weighted by atomic mass is 19.4. The van der Waals surface area contributed by atoms with Gasteiger partial charge in [-0.15, -0.1) is 0 Å². The number of aromatic nitrogens is 1. The standard InChI is InChI=1S/C12H15N3O.2C2HF3O2/c1-5-13-6-2-10(1)11-9-12(16-15-11)3-7-14-8-4-12;2*3-2(4,5)1(6)7/h1-2,5-6,14H,3-4,7-9H2;2*(H,6,7).